The molecule has 0 saturated heterocycles. The molecule has 2 atom stereocenters. The lowest BCUT2D eigenvalue weighted by Gasteiger charge is -2.08. The van der Waals surface area contributed by atoms with Crippen molar-refractivity contribution in [3.63, 3.8) is 0 Å². The van der Waals surface area contributed by atoms with Crippen molar-refractivity contribution < 1.29 is 4.79 Å². The summed E-state index contributed by atoms with van der Waals surface area (Å²) in [5.41, 5.74) is 3.18. The van der Waals surface area contributed by atoms with Gasteiger partial charge in [-0.25, -0.2) is 0 Å². The smallest absolute Gasteiger partial charge is 0.228 e. The van der Waals surface area contributed by atoms with Gasteiger partial charge in [-0.2, -0.15) is 5.10 Å². The molecular weight excluding hydrogens is 378 g/mol. The Morgan fingerprint density at radius 1 is 1.20 bits per heavy atom. The summed E-state index contributed by atoms with van der Waals surface area (Å²) in [5.74, 6) is 0.482. The number of amides is 1. The maximum atomic E-state index is 12.5. The Morgan fingerprint density at radius 3 is 2.88 bits per heavy atom. The molecule has 0 radical (unpaired) electrons. The molecule has 1 amide bonds. The molecule has 5 heteroatoms. The maximum absolute atomic E-state index is 12.5. The van der Waals surface area contributed by atoms with E-state index in [1.165, 1.54) is 5.56 Å². The monoisotopic (exact) mass is 395 g/mol. The highest BCUT2D eigenvalue weighted by molar-refractivity contribution is 9.10. The van der Waals surface area contributed by atoms with Crippen molar-refractivity contribution in [2.45, 2.75) is 18.9 Å². The van der Waals surface area contributed by atoms with Gasteiger partial charge in [-0.15, -0.1) is 0 Å². The van der Waals surface area contributed by atoms with Crippen LogP contribution in [-0.2, 0) is 11.3 Å². The maximum Gasteiger partial charge on any atom is 0.228 e. The molecule has 0 bridgehead atoms. The summed E-state index contributed by atoms with van der Waals surface area (Å²) in [6.45, 7) is 0.695. The van der Waals surface area contributed by atoms with E-state index in [0.717, 1.165) is 22.1 Å². The standard InChI is InChI=1S/C20H18BrN3O/c21-16-6-2-5-15(11-16)18-12-19(18)20(25)23-17-7-1-4-14(10-17)13-24-9-3-8-22-24/h1-11,18-19H,12-13H2,(H,23,25). The summed E-state index contributed by atoms with van der Waals surface area (Å²) >= 11 is 3.49. The van der Waals surface area contributed by atoms with Crippen LogP contribution in [-0.4, -0.2) is 15.7 Å². The van der Waals surface area contributed by atoms with Gasteiger partial charge in [-0.1, -0.05) is 40.2 Å². The number of rotatable bonds is 5. The van der Waals surface area contributed by atoms with E-state index in [1.807, 2.05) is 53.3 Å². The van der Waals surface area contributed by atoms with Gasteiger partial charge in [0.05, 0.1) is 6.54 Å². The first-order valence-corrected chi connectivity index (χ1v) is 9.11. The predicted octanol–water partition coefficient (Wildman–Crippen LogP) is 4.44. The van der Waals surface area contributed by atoms with Gasteiger partial charge >= 0.3 is 0 Å². The normalized spacial score (nSPS) is 18.8. The van der Waals surface area contributed by atoms with Gasteiger partial charge in [0.2, 0.25) is 5.91 Å². The van der Waals surface area contributed by atoms with E-state index in [1.54, 1.807) is 6.20 Å². The first-order valence-electron chi connectivity index (χ1n) is 8.32. The number of hydrogen-bond donors (Lipinski definition) is 1. The van der Waals surface area contributed by atoms with Crippen LogP contribution in [0.2, 0.25) is 0 Å². The van der Waals surface area contributed by atoms with Crippen LogP contribution in [0.4, 0.5) is 5.69 Å². The fourth-order valence-electron chi connectivity index (χ4n) is 3.15. The topological polar surface area (TPSA) is 46.9 Å². The second-order valence-electron chi connectivity index (χ2n) is 6.40. The Balaban J connectivity index is 1.40. The molecule has 1 heterocycles. The molecule has 1 N–H and O–H groups in total. The highest BCUT2D eigenvalue weighted by atomic mass is 79.9. The number of nitrogens with one attached hydrogen (secondary N) is 1. The summed E-state index contributed by atoms with van der Waals surface area (Å²) in [7, 11) is 0. The molecule has 1 fully saturated rings. The lowest BCUT2D eigenvalue weighted by molar-refractivity contribution is -0.117. The van der Waals surface area contributed by atoms with Crippen LogP contribution < -0.4 is 5.32 Å². The van der Waals surface area contributed by atoms with E-state index in [9.17, 15) is 4.79 Å². The number of halogens is 1. The molecule has 0 spiro atoms. The van der Waals surface area contributed by atoms with Crippen molar-refractivity contribution in [2.75, 3.05) is 5.32 Å². The number of carbonyl (C=O) groups is 1. The van der Waals surface area contributed by atoms with Gasteiger partial charge in [-0.3, -0.25) is 9.48 Å². The van der Waals surface area contributed by atoms with Crippen LogP contribution in [0.1, 0.15) is 23.5 Å². The summed E-state index contributed by atoms with van der Waals surface area (Å²) in [6.07, 6.45) is 4.61. The van der Waals surface area contributed by atoms with Gasteiger partial charge < -0.3 is 5.32 Å². The van der Waals surface area contributed by atoms with E-state index in [2.05, 4.69) is 38.5 Å². The molecule has 1 aromatic heterocycles. The van der Waals surface area contributed by atoms with Gasteiger partial charge in [0.25, 0.3) is 0 Å². The molecule has 4 rings (SSSR count). The number of carbonyl (C=O) groups excluding carboxylic acids is 1. The van der Waals surface area contributed by atoms with E-state index < -0.39 is 0 Å². The van der Waals surface area contributed by atoms with Crippen molar-refractivity contribution in [3.8, 4) is 0 Å². The summed E-state index contributed by atoms with van der Waals surface area (Å²) in [5, 5.41) is 7.27. The second-order valence-corrected chi connectivity index (χ2v) is 7.31. The van der Waals surface area contributed by atoms with Crippen molar-refractivity contribution in [1.29, 1.82) is 0 Å². The lowest BCUT2D eigenvalue weighted by atomic mass is 10.1. The molecule has 3 aromatic rings. The zero-order valence-electron chi connectivity index (χ0n) is 13.6. The highest BCUT2D eigenvalue weighted by Crippen LogP contribution is 2.48. The van der Waals surface area contributed by atoms with Crippen molar-refractivity contribution in [1.82, 2.24) is 9.78 Å². The van der Waals surface area contributed by atoms with E-state index in [4.69, 9.17) is 0 Å². The van der Waals surface area contributed by atoms with Crippen LogP contribution in [0.3, 0.4) is 0 Å². The third-order valence-corrected chi connectivity index (χ3v) is 5.00. The van der Waals surface area contributed by atoms with Gasteiger partial charge in [-0.05, 0) is 53.8 Å². The van der Waals surface area contributed by atoms with Crippen LogP contribution in [0.15, 0.2) is 71.5 Å². The molecule has 126 valence electrons. The van der Waals surface area contributed by atoms with Gasteiger partial charge in [0, 0.05) is 28.5 Å². The first-order chi connectivity index (χ1) is 12.2. The minimum absolute atomic E-state index is 0.0593. The lowest BCUT2D eigenvalue weighted by Crippen LogP contribution is -2.14. The largest absolute Gasteiger partial charge is 0.326 e. The third-order valence-electron chi connectivity index (χ3n) is 4.50. The summed E-state index contributed by atoms with van der Waals surface area (Å²) in [6, 6.07) is 18.1. The van der Waals surface area contributed by atoms with Crippen molar-refractivity contribution in [3.05, 3.63) is 82.6 Å². The highest BCUT2D eigenvalue weighted by Gasteiger charge is 2.43. The van der Waals surface area contributed by atoms with E-state index in [0.29, 0.717) is 12.5 Å². The average molecular weight is 396 g/mol. The predicted molar refractivity (Wildman–Crippen MR) is 101 cm³/mol. The number of hydrogen-bond acceptors (Lipinski definition) is 2. The molecule has 2 unspecified atom stereocenters. The van der Waals surface area contributed by atoms with Crippen molar-refractivity contribution in [2.24, 2.45) is 5.92 Å². The Labute approximate surface area is 155 Å². The SMILES string of the molecule is O=C(Nc1cccc(Cn2cccn2)c1)C1CC1c1cccc(Br)c1. The van der Waals surface area contributed by atoms with E-state index in [-0.39, 0.29) is 11.8 Å². The van der Waals surface area contributed by atoms with Crippen LogP contribution in [0.25, 0.3) is 0 Å². The van der Waals surface area contributed by atoms with Crippen molar-refractivity contribution >= 4 is 27.5 Å². The fourth-order valence-corrected chi connectivity index (χ4v) is 3.57. The number of nitrogens with zero attached hydrogens (tertiary/aromatic N) is 2. The molecule has 1 aliphatic rings. The Kier molecular flexibility index (Phi) is 4.40. The Bertz CT molecular complexity index is 891. The zero-order valence-corrected chi connectivity index (χ0v) is 15.2. The Morgan fingerprint density at radius 2 is 2.08 bits per heavy atom. The molecule has 1 saturated carbocycles. The summed E-state index contributed by atoms with van der Waals surface area (Å²) < 4.78 is 2.92. The van der Waals surface area contributed by atoms with Crippen LogP contribution >= 0.6 is 15.9 Å². The molecule has 25 heavy (non-hydrogen) atoms. The fraction of sp³-hybridized carbons (Fsp3) is 0.200. The van der Waals surface area contributed by atoms with Gasteiger partial charge in [0.15, 0.2) is 0 Å². The van der Waals surface area contributed by atoms with E-state index >= 15 is 0 Å². The van der Waals surface area contributed by atoms with Gasteiger partial charge in [0.1, 0.15) is 0 Å². The molecule has 0 aliphatic heterocycles. The summed E-state index contributed by atoms with van der Waals surface area (Å²) in [4.78, 5) is 12.5. The zero-order chi connectivity index (χ0) is 17.2. The third kappa shape index (κ3) is 3.82. The second kappa shape index (κ2) is 6.84. The molecule has 1 aliphatic carbocycles. The average Bonchev–Trinajstić information content (AvgIpc) is 3.25. The van der Waals surface area contributed by atoms with Crippen LogP contribution in [0, 0.1) is 5.92 Å². The Hall–Kier alpha value is -2.40. The minimum atomic E-state index is 0.0593. The van der Waals surface area contributed by atoms with Crippen LogP contribution in [0.5, 0.6) is 0 Å². The quantitative estimate of drug-likeness (QED) is 0.693. The minimum Gasteiger partial charge on any atom is -0.326 e. The number of benzene rings is 2. The first kappa shape index (κ1) is 16.1. The molecular formula is C20H18BrN3O. The number of aromatic nitrogens is 2. The number of anilines is 1. The molecule has 2 aromatic carbocycles. The molecule has 4 nitrogen and oxygen atoms in total.